The number of amides is 1. The summed E-state index contributed by atoms with van der Waals surface area (Å²) in [5.74, 6) is -0.296. The third kappa shape index (κ3) is 5.33. The van der Waals surface area contributed by atoms with Gasteiger partial charge in [-0.1, -0.05) is 18.2 Å². The summed E-state index contributed by atoms with van der Waals surface area (Å²) < 4.78 is 25.0. The van der Waals surface area contributed by atoms with E-state index in [-0.39, 0.29) is 5.91 Å². The molecule has 0 atom stereocenters. The Morgan fingerprint density at radius 2 is 1.74 bits per heavy atom. The second kappa shape index (κ2) is 8.66. The normalized spacial score (nSPS) is 11.1. The highest BCUT2D eigenvalue weighted by atomic mass is 32.2. The van der Waals surface area contributed by atoms with Crippen LogP contribution >= 0.6 is 11.3 Å². The van der Waals surface area contributed by atoms with Gasteiger partial charge in [0.1, 0.15) is 5.01 Å². The predicted octanol–water partition coefficient (Wildman–Crippen LogP) is 4.50. The molecule has 2 heterocycles. The molecule has 2 N–H and O–H groups in total. The number of nitrogens with zero attached hydrogens (tertiary/aromatic N) is 2. The molecule has 0 fully saturated rings. The number of hydrogen-bond donors (Lipinski definition) is 2. The lowest BCUT2D eigenvalue weighted by Crippen LogP contribution is -2.13. The van der Waals surface area contributed by atoms with Crippen LogP contribution in [0, 0.1) is 0 Å². The Kier molecular flexibility index (Phi) is 5.79. The van der Waals surface area contributed by atoms with Crippen LogP contribution in [0.3, 0.4) is 0 Å². The summed E-state index contributed by atoms with van der Waals surface area (Å²) in [6.45, 7) is 0. The molecule has 0 unspecified atom stereocenters. The molecular formula is C22H18N4O3S2. The van der Waals surface area contributed by atoms with Gasteiger partial charge >= 0.3 is 0 Å². The minimum Gasteiger partial charge on any atom is -0.322 e. The number of aromatic nitrogens is 2. The molecule has 0 aliphatic heterocycles. The zero-order chi connectivity index (χ0) is 21.8. The number of hydrogen-bond acceptors (Lipinski definition) is 6. The maximum atomic E-state index is 12.6. The zero-order valence-corrected chi connectivity index (χ0v) is 18.1. The van der Waals surface area contributed by atoms with Gasteiger partial charge < -0.3 is 5.32 Å². The minimum atomic E-state index is -3.37. The molecule has 0 aliphatic carbocycles. The molecule has 2 aromatic heterocycles. The first kappa shape index (κ1) is 20.7. The van der Waals surface area contributed by atoms with Crippen molar-refractivity contribution in [3.63, 3.8) is 0 Å². The van der Waals surface area contributed by atoms with E-state index in [1.54, 1.807) is 36.5 Å². The first-order valence-electron chi connectivity index (χ1n) is 9.24. The van der Waals surface area contributed by atoms with Gasteiger partial charge in [0.2, 0.25) is 10.0 Å². The fourth-order valence-electron chi connectivity index (χ4n) is 2.88. The molecule has 1 amide bonds. The summed E-state index contributed by atoms with van der Waals surface area (Å²) >= 11 is 1.51. The number of thiazole rings is 1. The Balaban J connectivity index is 1.49. The molecule has 0 bridgehead atoms. The molecule has 4 rings (SSSR count). The van der Waals surface area contributed by atoms with Gasteiger partial charge in [0, 0.05) is 34.1 Å². The van der Waals surface area contributed by atoms with E-state index in [9.17, 15) is 13.2 Å². The molecule has 0 radical (unpaired) electrons. The standard InChI is InChI=1S/C22H18N4O3S2/c1-31(28,29)26-17-10-8-15(9-11-17)21(27)24-18-6-4-5-16(13-18)20-14-30-22(25-20)19-7-2-3-12-23-19/h2-14,26H,1H3,(H,24,27). The SMILES string of the molecule is CS(=O)(=O)Nc1ccc(C(=O)Nc2cccc(-c3csc(-c4ccccn4)n3)c2)cc1. The highest BCUT2D eigenvalue weighted by Gasteiger charge is 2.11. The van der Waals surface area contributed by atoms with Crippen molar-refractivity contribution in [3.8, 4) is 22.0 Å². The average Bonchev–Trinajstić information content (AvgIpc) is 3.24. The van der Waals surface area contributed by atoms with Crippen LogP contribution in [0.2, 0.25) is 0 Å². The van der Waals surface area contributed by atoms with E-state index in [4.69, 9.17) is 0 Å². The molecule has 0 spiro atoms. The van der Waals surface area contributed by atoms with Gasteiger partial charge in [0.25, 0.3) is 5.91 Å². The maximum Gasteiger partial charge on any atom is 0.255 e. The van der Waals surface area contributed by atoms with Crippen molar-refractivity contribution < 1.29 is 13.2 Å². The molecular weight excluding hydrogens is 432 g/mol. The van der Waals surface area contributed by atoms with Gasteiger partial charge in [-0.05, 0) is 48.5 Å². The monoisotopic (exact) mass is 450 g/mol. The molecule has 0 saturated heterocycles. The Hall–Kier alpha value is -3.56. The summed E-state index contributed by atoms with van der Waals surface area (Å²) in [5.41, 5.74) is 3.94. The molecule has 31 heavy (non-hydrogen) atoms. The fraction of sp³-hybridized carbons (Fsp3) is 0.0455. The van der Waals surface area contributed by atoms with E-state index in [0.29, 0.717) is 16.9 Å². The van der Waals surface area contributed by atoms with Crippen molar-refractivity contribution >= 4 is 38.6 Å². The van der Waals surface area contributed by atoms with Crippen molar-refractivity contribution in [1.82, 2.24) is 9.97 Å². The number of anilines is 2. The number of benzene rings is 2. The van der Waals surface area contributed by atoms with Crippen LogP contribution < -0.4 is 10.0 Å². The van der Waals surface area contributed by atoms with Gasteiger partial charge in [0.05, 0.1) is 17.6 Å². The fourth-order valence-corrected chi connectivity index (χ4v) is 4.25. The van der Waals surface area contributed by atoms with Gasteiger partial charge in [-0.3, -0.25) is 14.5 Å². The zero-order valence-electron chi connectivity index (χ0n) is 16.4. The number of carbonyl (C=O) groups excluding carboxylic acids is 1. The number of sulfonamides is 1. The van der Waals surface area contributed by atoms with Gasteiger partial charge in [-0.25, -0.2) is 13.4 Å². The van der Waals surface area contributed by atoms with Crippen LogP contribution in [0.5, 0.6) is 0 Å². The van der Waals surface area contributed by atoms with E-state index in [1.807, 2.05) is 41.8 Å². The van der Waals surface area contributed by atoms with Crippen molar-refractivity contribution in [1.29, 1.82) is 0 Å². The van der Waals surface area contributed by atoms with E-state index in [2.05, 4.69) is 20.0 Å². The van der Waals surface area contributed by atoms with E-state index >= 15 is 0 Å². The topological polar surface area (TPSA) is 101 Å². The molecule has 9 heteroatoms. The van der Waals surface area contributed by atoms with Crippen molar-refractivity contribution in [2.24, 2.45) is 0 Å². The molecule has 2 aromatic carbocycles. The second-order valence-corrected chi connectivity index (χ2v) is 9.35. The second-order valence-electron chi connectivity index (χ2n) is 6.74. The number of rotatable bonds is 6. The average molecular weight is 451 g/mol. The lowest BCUT2D eigenvalue weighted by Gasteiger charge is -2.08. The molecule has 156 valence electrons. The Morgan fingerprint density at radius 1 is 0.935 bits per heavy atom. The summed E-state index contributed by atoms with van der Waals surface area (Å²) in [4.78, 5) is 21.6. The Bertz CT molecular complexity index is 1320. The van der Waals surface area contributed by atoms with Crippen LogP contribution in [-0.2, 0) is 10.0 Å². The van der Waals surface area contributed by atoms with Crippen LogP contribution in [-0.4, -0.2) is 30.5 Å². The highest BCUT2D eigenvalue weighted by molar-refractivity contribution is 7.92. The van der Waals surface area contributed by atoms with Gasteiger partial charge in [-0.2, -0.15) is 0 Å². The number of nitrogens with one attached hydrogen (secondary N) is 2. The number of pyridine rings is 1. The van der Waals surface area contributed by atoms with Gasteiger partial charge in [0.15, 0.2) is 0 Å². The first-order chi connectivity index (χ1) is 14.9. The van der Waals surface area contributed by atoms with E-state index in [0.717, 1.165) is 28.2 Å². The summed E-state index contributed by atoms with van der Waals surface area (Å²) in [5, 5.41) is 5.64. The van der Waals surface area contributed by atoms with E-state index < -0.39 is 10.0 Å². The third-order valence-corrected chi connectivity index (χ3v) is 5.73. The molecule has 0 saturated carbocycles. The lowest BCUT2D eigenvalue weighted by atomic mass is 10.1. The first-order valence-corrected chi connectivity index (χ1v) is 12.0. The summed E-state index contributed by atoms with van der Waals surface area (Å²) in [6, 6.07) is 19.3. The van der Waals surface area contributed by atoms with Crippen LogP contribution in [0.1, 0.15) is 10.4 Å². The molecule has 7 nitrogen and oxygen atoms in total. The Morgan fingerprint density at radius 3 is 2.45 bits per heavy atom. The minimum absolute atomic E-state index is 0.296. The van der Waals surface area contributed by atoms with Crippen molar-refractivity contribution in [3.05, 3.63) is 83.9 Å². The summed E-state index contributed by atoms with van der Waals surface area (Å²) in [7, 11) is -3.37. The predicted molar refractivity (Wildman–Crippen MR) is 124 cm³/mol. The van der Waals surface area contributed by atoms with Gasteiger partial charge in [-0.15, -0.1) is 11.3 Å². The smallest absolute Gasteiger partial charge is 0.255 e. The van der Waals surface area contributed by atoms with Crippen molar-refractivity contribution in [2.45, 2.75) is 0 Å². The summed E-state index contributed by atoms with van der Waals surface area (Å²) in [6.07, 6.45) is 2.80. The van der Waals surface area contributed by atoms with Crippen LogP contribution in [0.4, 0.5) is 11.4 Å². The maximum absolute atomic E-state index is 12.6. The van der Waals surface area contributed by atoms with Crippen molar-refractivity contribution in [2.75, 3.05) is 16.3 Å². The van der Waals surface area contributed by atoms with Crippen LogP contribution in [0.15, 0.2) is 78.3 Å². The largest absolute Gasteiger partial charge is 0.322 e. The third-order valence-electron chi connectivity index (χ3n) is 4.25. The number of carbonyl (C=O) groups is 1. The highest BCUT2D eigenvalue weighted by Crippen LogP contribution is 2.29. The molecule has 4 aromatic rings. The Labute approximate surface area is 183 Å². The van der Waals surface area contributed by atoms with Crippen LogP contribution in [0.25, 0.3) is 22.0 Å². The molecule has 0 aliphatic rings. The lowest BCUT2D eigenvalue weighted by molar-refractivity contribution is 0.102. The van der Waals surface area contributed by atoms with E-state index in [1.165, 1.54) is 11.3 Å². The quantitative estimate of drug-likeness (QED) is 0.451.